The maximum absolute atomic E-state index is 14.1. The minimum atomic E-state index is -4.19. The van der Waals surface area contributed by atoms with Crippen LogP contribution in [0.15, 0.2) is 77.7 Å². The van der Waals surface area contributed by atoms with Gasteiger partial charge in [0.2, 0.25) is 11.8 Å². The van der Waals surface area contributed by atoms with Gasteiger partial charge in [-0.3, -0.25) is 13.9 Å². The van der Waals surface area contributed by atoms with Gasteiger partial charge in [0, 0.05) is 12.6 Å². The molecule has 3 aromatic carbocycles. The minimum absolute atomic E-state index is 0.00669. The van der Waals surface area contributed by atoms with Gasteiger partial charge >= 0.3 is 0 Å². The van der Waals surface area contributed by atoms with Crippen LogP contribution in [0.3, 0.4) is 0 Å². The number of nitrogens with one attached hydrogen (secondary N) is 1. The molecular weight excluding hydrogens is 557 g/mol. The van der Waals surface area contributed by atoms with Gasteiger partial charge in [0.1, 0.15) is 24.2 Å². The fourth-order valence-corrected chi connectivity index (χ4v) is 6.60. The summed E-state index contributed by atoms with van der Waals surface area (Å²) in [4.78, 5) is 29.0. The molecule has 10 heteroatoms. The Morgan fingerprint density at radius 3 is 2.17 bits per heavy atom. The normalized spacial score (nSPS) is 14.3. The van der Waals surface area contributed by atoms with Crippen molar-refractivity contribution in [1.82, 2.24) is 10.2 Å². The van der Waals surface area contributed by atoms with Crippen LogP contribution < -0.4 is 14.4 Å². The van der Waals surface area contributed by atoms with Crippen LogP contribution in [0.1, 0.15) is 50.2 Å². The third kappa shape index (κ3) is 7.47. The van der Waals surface area contributed by atoms with Gasteiger partial charge in [0.15, 0.2) is 0 Å². The number of nitrogens with zero attached hydrogens (tertiary/aromatic N) is 2. The molecule has 1 atom stereocenters. The lowest BCUT2D eigenvalue weighted by Gasteiger charge is -2.33. The van der Waals surface area contributed by atoms with Gasteiger partial charge in [-0.25, -0.2) is 12.8 Å². The summed E-state index contributed by atoms with van der Waals surface area (Å²) in [5.74, 6) is -0.750. The average Bonchev–Trinajstić information content (AvgIpc) is 3.50. The van der Waals surface area contributed by atoms with Crippen molar-refractivity contribution in [3.63, 3.8) is 0 Å². The van der Waals surface area contributed by atoms with Crippen molar-refractivity contribution < 1.29 is 27.1 Å². The second-order valence-electron chi connectivity index (χ2n) is 10.6. The summed E-state index contributed by atoms with van der Waals surface area (Å²) < 4.78 is 47.8. The molecule has 0 aromatic heterocycles. The number of rotatable bonds is 12. The van der Waals surface area contributed by atoms with Crippen LogP contribution in [0.5, 0.6) is 5.75 Å². The van der Waals surface area contributed by atoms with Crippen molar-refractivity contribution >= 4 is 27.5 Å². The molecule has 8 nitrogen and oxygen atoms in total. The van der Waals surface area contributed by atoms with E-state index < -0.39 is 34.3 Å². The molecule has 3 aromatic rings. The van der Waals surface area contributed by atoms with E-state index in [0.717, 1.165) is 35.6 Å². The molecule has 1 N–H and O–H groups in total. The molecule has 0 aliphatic heterocycles. The number of hydrogen-bond acceptors (Lipinski definition) is 5. The molecule has 1 unspecified atom stereocenters. The number of benzene rings is 3. The zero-order valence-corrected chi connectivity index (χ0v) is 25.1. The van der Waals surface area contributed by atoms with Crippen LogP contribution in [0.2, 0.25) is 0 Å². The third-order valence-electron chi connectivity index (χ3n) is 7.60. The summed E-state index contributed by atoms with van der Waals surface area (Å²) >= 11 is 0. The van der Waals surface area contributed by atoms with Gasteiger partial charge in [-0.2, -0.15) is 0 Å². The number of anilines is 1. The summed E-state index contributed by atoms with van der Waals surface area (Å²) in [7, 11) is -2.70. The predicted octanol–water partition coefficient (Wildman–Crippen LogP) is 5.20. The Kier molecular flexibility index (Phi) is 10.2. The van der Waals surface area contributed by atoms with Crippen LogP contribution in [0, 0.1) is 12.7 Å². The molecule has 0 heterocycles. The highest BCUT2D eigenvalue weighted by Crippen LogP contribution is 2.27. The minimum Gasteiger partial charge on any atom is -0.497 e. The molecule has 42 heavy (non-hydrogen) atoms. The molecule has 0 radical (unpaired) electrons. The zero-order valence-electron chi connectivity index (χ0n) is 24.3. The number of carbonyl (C=O) groups excluding carboxylic acids is 2. The van der Waals surface area contributed by atoms with E-state index in [-0.39, 0.29) is 23.4 Å². The van der Waals surface area contributed by atoms with Gasteiger partial charge in [-0.05, 0) is 80.3 Å². The van der Waals surface area contributed by atoms with Crippen molar-refractivity contribution in [2.24, 2.45) is 0 Å². The number of hydrogen-bond donors (Lipinski definition) is 1. The zero-order chi connectivity index (χ0) is 30.3. The van der Waals surface area contributed by atoms with E-state index in [9.17, 15) is 22.4 Å². The summed E-state index contributed by atoms with van der Waals surface area (Å²) in [5.41, 5.74) is 1.87. The SMILES string of the molecule is CCC(C(=O)NC1CCCC1)N(Cc1ccc(F)cc1)C(=O)CN(c1ccc(C)cc1)S(=O)(=O)c1ccc(OC)cc1. The number of carbonyl (C=O) groups is 2. The molecule has 0 bridgehead atoms. The van der Waals surface area contributed by atoms with E-state index in [0.29, 0.717) is 23.4 Å². The maximum Gasteiger partial charge on any atom is 0.264 e. The molecule has 224 valence electrons. The summed E-state index contributed by atoms with van der Waals surface area (Å²) in [6.07, 6.45) is 4.16. The van der Waals surface area contributed by atoms with E-state index >= 15 is 0 Å². The van der Waals surface area contributed by atoms with Gasteiger partial charge in [0.25, 0.3) is 10.0 Å². The van der Waals surface area contributed by atoms with E-state index in [2.05, 4.69) is 5.32 Å². The van der Waals surface area contributed by atoms with E-state index in [1.54, 1.807) is 48.5 Å². The molecule has 4 rings (SSSR count). The molecule has 2 amide bonds. The smallest absolute Gasteiger partial charge is 0.264 e. The number of methoxy groups -OCH3 is 1. The molecule has 1 fully saturated rings. The second-order valence-corrected chi connectivity index (χ2v) is 12.4. The van der Waals surface area contributed by atoms with E-state index in [4.69, 9.17) is 4.74 Å². The Balaban J connectivity index is 1.70. The Morgan fingerprint density at radius 1 is 0.976 bits per heavy atom. The summed E-state index contributed by atoms with van der Waals surface area (Å²) in [6, 6.07) is 17.7. The monoisotopic (exact) mass is 595 g/mol. The number of amides is 2. The van der Waals surface area contributed by atoms with E-state index in [1.807, 2.05) is 13.8 Å². The van der Waals surface area contributed by atoms with Crippen molar-refractivity contribution in [3.8, 4) is 5.75 Å². The summed E-state index contributed by atoms with van der Waals surface area (Å²) in [6.45, 7) is 3.18. The first-order valence-corrected chi connectivity index (χ1v) is 15.6. The first-order chi connectivity index (χ1) is 20.1. The summed E-state index contributed by atoms with van der Waals surface area (Å²) in [5, 5.41) is 3.08. The van der Waals surface area contributed by atoms with Gasteiger partial charge in [0.05, 0.1) is 17.7 Å². The number of aryl methyl sites for hydroxylation is 1. The number of sulfonamides is 1. The van der Waals surface area contributed by atoms with Crippen molar-refractivity contribution in [1.29, 1.82) is 0 Å². The van der Waals surface area contributed by atoms with Gasteiger partial charge in [-0.1, -0.05) is 49.6 Å². The quantitative estimate of drug-likeness (QED) is 0.310. The fourth-order valence-electron chi connectivity index (χ4n) is 5.19. The lowest BCUT2D eigenvalue weighted by Crippen LogP contribution is -2.53. The maximum atomic E-state index is 14.1. The Hall–Kier alpha value is -3.92. The lowest BCUT2D eigenvalue weighted by atomic mass is 10.1. The van der Waals surface area contributed by atoms with Crippen molar-refractivity contribution in [2.75, 3.05) is 18.0 Å². The van der Waals surface area contributed by atoms with Crippen LogP contribution in [0.4, 0.5) is 10.1 Å². The number of halogens is 1. The Morgan fingerprint density at radius 2 is 1.60 bits per heavy atom. The number of ether oxygens (including phenoxy) is 1. The first kappa shape index (κ1) is 31.0. The van der Waals surface area contributed by atoms with Gasteiger partial charge in [-0.15, -0.1) is 0 Å². The van der Waals surface area contributed by atoms with E-state index in [1.165, 1.54) is 36.3 Å². The largest absolute Gasteiger partial charge is 0.497 e. The topological polar surface area (TPSA) is 96.0 Å². The molecule has 0 spiro atoms. The molecule has 1 aliphatic carbocycles. The highest BCUT2D eigenvalue weighted by molar-refractivity contribution is 7.92. The highest BCUT2D eigenvalue weighted by Gasteiger charge is 2.34. The van der Waals surface area contributed by atoms with Crippen LogP contribution in [0.25, 0.3) is 0 Å². The fraction of sp³-hybridized carbons (Fsp3) is 0.375. The molecule has 1 saturated carbocycles. The Bertz CT molecular complexity index is 1460. The van der Waals surface area contributed by atoms with Crippen LogP contribution >= 0.6 is 0 Å². The van der Waals surface area contributed by atoms with Crippen molar-refractivity contribution in [3.05, 3.63) is 89.7 Å². The standard InChI is InChI=1S/C32H38FN3O5S/c1-4-30(32(38)34-26-7-5-6-8-26)35(21-24-11-13-25(33)14-12-24)31(37)22-36(27-15-9-23(2)10-16-27)42(39,40)29-19-17-28(41-3)18-20-29/h9-20,26,30H,4-8,21-22H2,1-3H3,(H,34,38). The molecular formula is C32H38FN3O5S. The Labute approximate surface area is 247 Å². The molecule has 0 saturated heterocycles. The average molecular weight is 596 g/mol. The lowest BCUT2D eigenvalue weighted by molar-refractivity contribution is -0.140. The molecule has 1 aliphatic rings. The third-order valence-corrected chi connectivity index (χ3v) is 9.39. The first-order valence-electron chi connectivity index (χ1n) is 14.2. The predicted molar refractivity (Wildman–Crippen MR) is 160 cm³/mol. The highest BCUT2D eigenvalue weighted by atomic mass is 32.2. The van der Waals surface area contributed by atoms with Crippen LogP contribution in [-0.4, -0.2) is 50.9 Å². The second kappa shape index (κ2) is 13.8. The van der Waals surface area contributed by atoms with Crippen LogP contribution in [-0.2, 0) is 26.2 Å². The van der Waals surface area contributed by atoms with Crippen molar-refractivity contribution in [2.45, 2.75) is 69.5 Å². The van der Waals surface area contributed by atoms with Gasteiger partial charge < -0.3 is 15.0 Å².